The quantitative estimate of drug-likeness (QED) is 0.860. The van der Waals surface area contributed by atoms with Gasteiger partial charge < -0.3 is 5.73 Å². The lowest BCUT2D eigenvalue weighted by molar-refractivity contribution is -0.117. The van der Waals surface area contributed by atoms with Crippen LogP contribution in [-0.4, -0.2) is 10.9 Å². The maximum atomic E-state index is 11.0. The zero-order valence-electron chi connectivity index (χ0n) is 15.0. The molecule has 0 atom stereocenters. The Hall–Kier alpha value is -2.13. The van der Waals surface area contributed by atoms with Crippen LogP contribution in [0.3, 0.4) is 0 Å². The average Bonchev–Trinajstić information content (AvgIpc) is 3.27. The lowest BCUT2D eigenvalue weighted by Gasteiger charge is -2.12. The standard InChI is InChI=1S/C22H24N2O.ClH/c23-22(25)13-16-10-8-15(9-11-16)12-18-14-21(17-4-1-2-5-17)24-20-7-3-6-19(18)20;/h4,8-11,14H,1-3,5-7,12-13H2,(H2,23,25);1H. The number of primary amides is 1. The minimum Gasteiger partial charge on any atom is -0.369 e. The van der Waals surface area contributed by atoms with Gasteiger partial charge in [0.25, 0.3) is 0 Å². The number of carbonyl (C=O) groups is 1. The number of nitrogens with two attached hydrogens (primary N) is 1. The van der Waals surface area contributed by atoms with Crippen LogP contribution in [0.1, 0.15) is 59.3 Å². The van der Waals surface area contributed by atoms with Gasteiger partial charge >= 0.3 is 0 Å². The molecule has 1 amide bonds. The van der Waals surface area contributed by atoms with Crippen LogP contribution in [0, 0.1) is 0 Å². The van der Waals surface area contributed by atoms with Crippen molar-refractivity contribution in [3.05, 3.63) is 70.0 Å². The Bertz CT molecular complexity index is 840. The molecular weight excluding hydrogens is 344 g/mol. The van der Waals surface area contributed by atoms with Gasteiger partial charge in [-0.2, -0.15) is 0 Å². The molecule has 1 aromatic heterocycles. The second kappa shape index (κ2) is 8.05. The number of pyridine rings is 1. The third-order valence-electron chi connectivity index (χ3n) is 5.31. The van der Waals surface area contributed by atoms with Gasteiger partial charge in [0.2, 0.25) is 5.91 Å². The number of hydrogen-bond acceptors (Lipinski definition) is 2. The number of fused-ring (bicyclic) bond motifs is 1. The summed E-state index contributed by atoms with van der Waals surface area (Å²) in [5.74, 6) is -0.283. The summed E-state index contributed by atoms with van der Waals surface area (Å²) in [6.45, 7) is 0. The maximum Gasteiger partial charge on any atom is 0.221 e. The summed E-state index contributed by atoms with van der Waals surface area (Å²) in [6.07, 6.45) is 10.7. The van der Waals surface area contributed by atoms with Crippen molar-refractivity contribution in [1.29, 1.82) is 0 Å². The lowest BCUT2D eigenvalue weighted by Crippen LogP contribution is -2.13. The number of halogens is 1. The molecule has 1 aromatic carbocycles. The minimum absolute atomic E-state index is 0. The van der Waals surface area contributed by atoms with E-state index >= 15 is 0 Å². The molecule has 2 aliphatic carbocycles. The Kier molecular flexibility index (Phi) is 5.77. The van der Waals surface area contributed by atoms with E-state index in [9.17, 15) is 4.79 Å². The fraction of sp³-hybridized carbons (Fsp3) is 0.364. The van der Waals surface area contributed by atoms with Gasteiger partial charge in [-0.1, -0.05) is 30.3 Å². The molecule has 4 heteroatoms. The Morgan fingerprint density at radius 3 is 2.50 bits per heavy atom. The van der Waals surface area contributed by atoms with Crippen molar-refractivity contribution in [3.63, 3.8) is 0 Å². The summed E-state index contributed by atoms with van der Waals surface area (Å²) in [4.78, 5) is 16.0. The molecule has 0 radical (unpaired) electrons. The van der Waals surface area contributed by atoms with E-state index < -0.39 is 0 Å². The fourth-order valence-electron chi connectivity index (χ4n) is 4.05. The Morgan fingerprint density at radius 2 is 1.81 bits per heavy atom. The van der Waals surface area contributed by atoms with Crippen LogP contribution < -0.4 is 5.73 Å². The average molecular weight is 369 g/mol. The summed E-state index contributed by atoms with van der Waals surface area (Å²) in [5, 5.41) is 0. The Labute approximate surface area is 161 Å². The number of nitrogens with zero attached hydrogens (tertiary/aromatic N) is 1. The number of allylic oxidation sites excluding steroid dienone is 2. The number of benzene rings is 1. The van der Waals surface area contributed by atoms with Crippen LogP contribution in [0.2, 0.25) is 0 Å². The first-order valence-electron chi connectivity index (χ1n) is 9.26. The number of amides is 1. The molecule has 0 saturated carbocycles. The molecule has 0 spiro atoms. The van der Waals surface area contributed by atoms with Gasteiger partial charge in [0, 0.05) is 5.69 Å². The number of hydrogen-bond donors (Lipinski definition) is 1. The van der Waals surface area contributed by atoms with E-state index in [0.717, 1.165) is 31.2 Å². The summed E-state index contributed by atoms with van der Waals surface area (Å²) >= 11 is 0. The van der Waals surface area contributed by atoms with Gasteiger partial charge in [-0.15, -0.1) is 12.4 Å². The smallest absolute Gasteiger partial charge is 0.221 e. The molecule has 26 heavy (non-hydrogen) atoms. The first kappa shape index (κ1) is 18.7. The van der Waals surface area contributed by atoms with Crippen molar-refractivity contribution in [2.75, 3.05) is 0 Å². The van der Waals surface area contributed by atoms with Crippen molar-refractivity contribution in [2.24, 2.45) is 5.73 Å². The third kappa shape index (κ3) is 3.99. The summed E-state index contributed by atoms with van der Waals surface area (Å²) in [7, 11) is 0. The monoisotopic (exact) mass is 368 g/mol. The summed E-state index contributed by atoms with van der Waals surface area (Å²) in [6, 6.07) is 10.6. The first-order valence-corrected chi connectivity index (χ1v) is 9.26. The molecule has 2 aliphatic rings. The second-order valence-corrected chi connectivity index (χ2v) is 7.20. The highest BCUT2D eigenvalue weighted by molar-refractivity contribution is 5.85. The van der Waals surface area contributed by atoms with Crippen LogP contribution in [0.25, 0.3) is 5.57 Å². The van der Waals surface area contributed by atoms with Crippen LogP contribution in [0.5, 0.6) is 0 Å². The van der Waals surface area contributed by atoms with Crippen LogP contribution >= 0.6 is 12.4 Å². The number of aryl methyl sites for hydroxylation is 1. The molecule has 2 aromatic rings. The van der Waals surface area contributed by atoms with E-state index in [0.29, 0.717) is 6.42 Å². The zero-order valence-corrected chi connectivity index (χ0v) is 15.8. The maximum absolute atomic E-state index is 11.0. The highest BCUT2D eigenvalue weighted by Crippen LogP contribution is 2.32. The molecule has 136 valence electrons. The molecule has 4 rings (SSSR count). The number of carbonyl (C=O) groups excluding carboxylic acids is 1. The van der Waals surface area contributed by atoms with E-state index in [1.807, 2.05) is 12.1 Å². The first-order chi connectivity index (χ1) is 12.2. The molecule has 1 heterocycles. The van der Waals surface area contributed by atoms with Crippen LogP contribution in [0.15, 0.2) is 36.4 Å². The Balaban J connectivity index is 0.00000196. The highest BCUT2D eigenvalue weighted by Gasteiger charge is 2.20. The van der Waals surface area contributed by atoms with E-state index in [2.05, 4.69) is 24.3 Å². The molecule has 0 unspecified atom stereocenters. The fourth-order valence-corrected chi connectivity index (χ4v) is 4.05. The van der Waals surface area contributed by atoms with Crippen molar-refractivity contribution in [3.8, 4) is 0 Å². The number of aromatic nitrogens is 1. The molecular formula is C22H25ClN2O. The highest BCUT2D eigenvalue weighted by atomic mass is 35.5. The second-order valence-electron chi connectivity index (χ2n) is 7.20. The summed E-state index contributed by atoms with van der Waals surface area (Å²) < 4.78 is 0. The van der Waals surface area contributed by atoms with Crippen molar-refractivity contribution < 1.29 is 4.79 Å². The zero-order chi connectivity index (χ0) is 17.2. The van der Waals surface area contributed by atoms with E-state index in [4.69, 9.17) is 10.7 Å². The molecule has 0 saturated heterocycles. The normalized spacial score (nSPS) is 15.3. The van der Waals surface area contributed by atoms with Crippen molar-refractivity contribution in [1.82, 2.24) is 4.98 Å². The largest absolute Gasteiger partial charge is 0.369 e. The molecule has 0 bridgehead atoms. The lowest BCUT2D eigenvalue weighted by atomic mass is 9.96. The van der Waals surface area contributed by atoms with Crippen molar-refractivity contribution >= 4 is 23.9 Å². The molecule has 0 aliphatic heterocycles. The molecule has 3 nitrogen and oxygen atoms in total. The van der Waals surface area contributed by atoms with Gasteiger partial charge in [0.05, 0.1) is 12.1 Å². The van der Waals surface area contributed by atoms with Crippen LogP contribution in [-0.2, 0) is 30.5 Å². The number of rotatable bonds is 5. The van der Waals surface area contributed by atoms with Crippen LogP contribution in [0.4, 0.5) is 0 Å². The molecule has 0 fully saturated rings. The predicted octanol–water partition coefficient (Wildman–Crippen LogP) is 4.18. The van der Waals surface area contributed by atoms with Gasteiger partial charge in [0.1, 0.15) is 0 Å². The summed E-state index contributed by atoms with van der Waals surface area (Å²) in [5.41, 5.74) is 14.3. The predicted molar refractivity (Wildman–Crippen MR) is 107 cm³/mol. The van der Waals surface area contributed by atoms with E-state index in [-0.39, 0.29) is 18.3 Å². The molecule has 2 N–H and O–H groups in total. The van der Waals surface area contributed by atoms with Gasteiger partial charge in [0.15, 0.2) is 0 Å². The van der Waals surface area contributed by atoms with E-state index in [1.54, 1.807) is 0 Å². The van der Waals surface area contributed by atoms with Gasteiger partial charge in [-0.3, -0.25) is 9.78 Å². The van der Waals surface area contributed by atoms with Gasteiger partial charge in [-0.05, 0) is 78.8 Å². The van der Waals surface area contributed by atoms with Crippen molar-refractivity contribution in [2.45, 2.75) is 51.4 Å². The van der Waals surface area contributed by atoms with Gasteiger partial charge in [-0.25, -0.2) is 0 Å². The third-order valence-corrected chi connectivity index (χ3v) is 5.31. The topological polar surface area (TPSA) is 56.0 Å². The Morgan fingerprint density at radius 1 is 1.04 bits per heavy atom. The SMILES string of the molecule is Cl.NC(=O)Cc1ccc(Cc2cc(C3=CCCC3)nc3c2CCC3)cc1. The minimum atomic E-state index is -0.283. The van der Waals surface area contributed by atoms with E-state index in [1.165, 1.54) is 52.9 Å².